The zero-order valence-electron chi connectivity index (χ0n) is 9.94. The lowest BCUT2D eigenvalue weighted by atomic mass is 10.1. The van der Waals surface area contributed by atoms with Crippen LogP contribution in [0.5, 0.6) is 0 Å². The molecule has 0 bridgehead atoms. The molecule has 3 N–H and O–H groups in total. The van der Waals surface area contributed by atoms with Gasteiger partial charge in [-0.1, -0.05) is 22.0 Å². The predicted octanol–water partition coefficient (Wildman–Crippen LogP) is 0.759. The summed E-state index contributed by atoms with van der Waals surface area (Å²) in [4.78, 5) is 24.9. The van der Waals surface area contributed by atoms with Crippen molar-refractivity contribution in [3.8, 4) is 0 Å². The van der Waals surface area contributed by atoms with Gasteiger partial charge in [-0.05, 0) is 24.6 Å². The largest absolute Gasteiger partial charge is 0.350 e. The number of hydrogen-bond donors (Lipinski definition) is 2. The average molecular weight is 312 g/mol. The molecule has 6 heteroatoms. The molecule has 1 aromatic rings. The van der Waals surface area contributed by atoms with E-state index in [1.54, 1.807) is 11.8 Å². The van der Waals surface area contributed by atoms with Crippen LogP contribution in [0.2, 0.25) is 0 Å². The van der Waals surface area contributed by atoms with Gasteiger partial charge >= 0.3 is 0 Å². The van der Waals surface area contributed by atoms with Crippen LogP contribution >= 0.6 is 15.9 Å². The second-order valence-electron chi connectivity index (χ2n) is 4.19. The highest BCUT2D eigenvalue weighted by atomic mass is 79.9. The smallest absolute Gasteiger partial charge is 0.249 e. The van der Waals surface area contributed by atoms with Crippen LogP contribution in [-0.4, -0.2) is 24.4 Å². The maximum Gasteiger partial charge on any atom is 0.249 e. The van der Waals surface area contributed by atoms with Crippen LogP contribution in [0, 0.1) is 0 Å². The summed E-state index contributed by atoms with van der Waals surface area (Å²) in [5.74, 6) is -0.574. The molecule has 0 saturated carbocycles. The number of carbonyl (C=O) groups is 2. The summed E-state index contributed by atoms with van der Waals surface area (Å²) in [6.07, 6.45) is 0. The molecule has 96 valence electrons. The van der Waals surface area contributed by atoms with Gasteiger partial charge in [-0.15, -0.1) is 0 Å². The summed E-state index contributed by atoms with van der Waals surface area (Å²) in [6, 6.07) is 5.28. The van der Waals surface area contributed by atoms with Gasteiger partial charge in [0, 0.05) is 16.7 Å². The highest BCUT2D eigenvalue weighted by Gasteiger charge is 2.31. The minimum Gasteiger partial charge on any atom is -0.350 e. The summed E-state index contributed by atoms with van der Waals surface area (Å²) in [7, 11) is 0. The number of carbonyl (C=O) groups excluding carboxylic acids is 2. The summed E-state index contributed by atoms with van der Waals surface area (Å²) < 4.78 is 0.889. The molecular weight excluding hydrogens is 298 g/mol. The lowest BCUT2D eigenvalue weighted by Gasteiger charge is -2.34. The maximum atomic E-state index is 11.7. The molecule has 0 spiro atoms. The second kappa shape index (κ2) is 5.07. The van der Waals surface area contributed by atoms with E-state index < -0.39 is 0 Å². The topological polar surface area (TPSA) is 75.4 Å². The average Bonchev–Trinajstić information content (AvgIpc) is 2.33. The minimum atomic E-state index is -0.387. The summed E-state index contributed by atoms with van der Waals surface area (Å²) in [5.41, 5.74) is 7.43. The molecule has 1 heterocycles. The molecule has 1 aliphatic heterocycles. The molecule has 0 radical (unpaired) electrons. The zero-order chi connectivity index (χ0) is 13.3. The third-order valence-corrected chi connectivity index (χ3v) is 3.49. The van der Waals surface area contributed by atoms with Gasteiger partial charge in [-0.3, -0.25) is 14.9 Å². The van der Waals surface area contributed by atoms with Crippen molar-refractivity contribution in [2.75, 3.05) is 11.4 Å². The SMILES string of the molecule is CC1C(=O)NC(=O)CN1c1cc(Br)ccc1CN. The van der Waals surface area contributed by atoms with Gasteiger partial charge in [0.05, 0.1) is 6.54 Å². The van der Waals surface area contributed by atoms with Crippen molar-refractivity contribution in [1.82, 2.24) is 5.32 Å². The van der Waals surface area contributed by atoms with Crippen LogP contribution in [0.15, 0.2) is 22.7 Å². The number of imide groups is 1. The Morgan fingerprint density at radius 1 is 1.50 bits per heavy atom. The molecule has 1 aliphatic rings. The van der Waals surface area contributed by atoms with Crippen LogP contribution in [0.25, 0.3) is 0 Å². The predicted molar refractivity (Wildman–Crippen MR) is 72.0 cm³/mol. The van der Waals surface area contributed by atoms with E-state index in [0.29, 0.717) is 6.54 Å². The van der Waals surface area contributed by atoms with E-state index in [2.05, 4.69) is 21.2 Å². The van der Waals surface area contributed by atoms with Crippen LogP contribution < -0.4 is 16.0 Å². The first-order chi connectivity index (χ1) is 8.52. The van der Waals surface area contributed by atoms with Gasteiger partial charge in [0.1, 0.15) is 6.04 Å². The fraction of sp³-hybridized carbons (Fsp3) is 0.333. The lowest BCUT2D eigenvalue weighted by Crippen LogP contribution is -2.57. The van der Waals surface area contributed by atoms with Crippen LogP contribution in [0.1, 0.15) is 12.5 Å². The number of rotatable bonds is 2. The van der Waals surface area contributed by atoms with Crippen molar-refractivity contribution in [2.24, 2.45) is 5.73 Å². The number of halogens is 1. The Hall–Kier alpha value is -1.40. The number of nitrogens with zero attached hydrogens (tertiary/aromatic N) is 1. The minimum absolute atomic E-state index is 0.163. The molecule has 1 atom stereocenters. The van der Waals surface area contributed by atoms with Gasteiger partial charge in [-0.25, -0.2) is 0 Å². The molecular formula is C12H14BrN3O2. The molecule has 1 aromatic carbocycles. The van der Waals surface area contributed by atoms with Gasteiger partial charge < -0.3 is 10.6 Å². The molecule has 0 aliphatic carbocycles. The van der Waals surface area contributed by atoms with E-state index in [0.717, 1.165) is 15.7 Å². The fourth-order valence-corrected chi connectivity index (χ4v) is 2.33. The van der Waals surface area contributed by atoms with Crippen molar-refractivity contribution in [1.29, 1.82) is 0 Å². The van der Waals surface area contributed by atoms with Crippen molar-refractivity contribution in [3.05, 3.63) is 28.2 Å². The van der Waals surface area contributed by atoms with Gasteiger partial charge in [0.15, 0.2) is 0 Å². The number of hydrogen-bond acceptors (Lipinski definition) is 4. The first-order valence-corrected chi connectivity index (χ1v) is 6.41. The van der Waals surface area contributed by atoms with Crippen molar-refractivity contribution in [2.45, 2.75) is 19.5 Å². The number of nitrogens with two attached hydrogens (primary N) is 1. The summed E-state index contributed by atoms with van der Waals surface area (Å²) in [6.45, 7) is 2.29. The quantitative estimate of drug-likeness (QED) is 0.791. The monoisotopic (exact) mass is 311 g/mol. The molecule has 1 saturated heterocycles. The lowest BCUT2D eigenvalue weighted by molar-refractivity contribution is -0.132. The third-order valence-electron chi connectivity index (χ3n) is 3.00. The van der Waals surface area contributed by atoms with Crippen molar-refractivity contribution < 1.29 is 9.59 Å². The Kier molecular flexibility index (Phi) is 3.68. The number of benzene rings is 1. The maximum absolute atomic E-state index is 11.7. The van der Waals surface area contributed by atoms with Crippen LogP contribution in [-0.2, 0) is 16.1 Å². The van der Waals surface area contributed by atoms with Crippen molar-refractivity contribution in [3.63, 3.8) is 0 Å². The van der Waals surface area contributed by atoms with E-state index in [4.69, 9.17) is 5.73 Å². The fourth-order valence-electron chi connectivity index (χ4n) is 1.99. The normalized spacial score (nSPS) is 19.9. The Balaban J connectivity index is 2.43. The van der Waals surface area contributed by atoms with E-state index >= 15 is 0 Å². The van der Waals surface area contributed by atoms with E-state index in [1.807, 2.05) is 18.2 Å². The Labute approximate surface area is 113 Å². The van der Waals surface area contributed by atoms with E-state index in [1.165, 1.54) is 0 Å². The molecule has 2 amide bonds. The van der Waals surface area contributed by atoms with E-state index in [-0.39, 0.29) is 24.4 Å². The van der Waals surface area contributed by atoms with Crippen LogP contribution in [0.3, 0.4) is 0 Å². The van der Waals surface area contributed by atoms with E-state index in [9.17, 15) is 9.59 Å². The molecule has 18 heavy (non-hydrogen) atoms. The number of nitrogens with one attached hydrogen (secondary N) is 1. The summed E-state index contributed by atoms with van der Waals surface area (Å²) in [5, 5.41) is 2.32. The summed E-state index contributed by atoms with van der Waals surface area (Å²) >= 11 is 3.39. The highest BCUT2D eigenvalue weighted by Crippen LogP contribution is 2.27. The van der Waals surface area contributed by atoms with Gasteiger partial charge in [-0.2, -0.15) is 0 Å². The van der Waals surface area contributed by atoms with Crippen molar-refractivity contribution >= 4 is 33.4 Å². The number of anilines is 1. The number of amides is 2. The molecule has 2 rings (SSSR count). The Bertz CT molecular complexity index is 504. The highest BCUT2D eigenvalue weighted by molar-refractivity contribution is 9.10. The molecule has 1 fully saturated rings. The standard InChI is InChI=1S/C12H14BrN3O2/c1-7-12(18)15-11(17)6-16(7)10-4-9(13)3-2-8(10)5-14/h2-4,7H,5-6,14H2,1H3,(H,15,17,18). The zero-order valence-corrected chi connectivity index (χ0v) is 11.5. The Morgan fingerprint density at radius 2 is 2.22 bits per heavy atom. The second-order valence-corrected chi connectivity index (χ2v) is 5.11. The molecule has 1 unspecified atom stereocenters. The third kappa shape index (κ3) is 2.39. The number of piperazine rings is 1. The Morgan fingerprint density at radius 3 is 2.89 bits per heavy atom. The van der Waals surface area contributed by atoms with Gasteiger partial charge in [0.2, 0.25) is 11.8 Å². The van der Waals surface area contributed by atoms with Gasteiger partial charge in [0.25, 0.3) is 0 Å². The first-order valence-electron chi connectivity index (χ1n) is 5.61. The first kappa shape index (κ1) is 13.0. The molecule has 5 nitrogen and oxygen atoms in total. The molecule has 0 aromatic heterocycles. The van der Waals surface area contributed by atoms with Crippen LogP contribution in [0.4, 0.5) is 5.69 Å².